The maximum absolute atomic E-state index is 5.64. The number of nitrogens with one attached hydrogen (secondary N) is 1. The molecule has 0 saturated heterocycles. The number of rotatable bonds is 3. The van der Waals surface area contributed by atoms with E-state index in [1.807, 2.05) is 32.0 Å². The monoisotopic (exact) mass is 277 g/mol. The van der Waals surface area contributed by atoms with Crippen LogP contribution in [0.1, 0.15) is 21.7 Å². The second kappa shape index (κ2) is 5.04. The number of benzene rings is 1. The van der Waals surface area contributed by atoms with Gasteiger partial charge in [-0.05, 0) is 44.5 Å². The normalized spacial score (nSPS) is 10.4. The van der Waals surface area contributed by atoms with Crippen molar-refractivity contribution in [1.29, 1.82) is 0 Å². The van der Waals surface area contributed by atoms with Gasteiger partial charge in [0, 0.05) is 16.1 Å². The van der Waals surface area contributed by atoms with E-state index in [2.05, 4.69) is 17.2 Å². The lowest BCUT2D eigenvalue weighted by molar-refractivity contribution is 1.23. The molecule has 1 aromatic carbocycles. The first kappa shape index (κ1) is 13.0. The fourth-order valence-electron chi connectivity index (χ4n) is 1.67. The topological polar surface area (TPSA) is 50.9 Å². The number of thiocarbonyl (C=S) groups is 1. The molecule has 5 heteroatoms. The molecular formula is C13H15N3S2. The molecule has 0 aliphatic carbocycles. The van der Waals surface area contributed by atoms with Gasteiger partial charge in [-0.1, -0.05) is 12.2 Å². The molecule has 0 atom stereocenters. The van der Waals surface area contributed by atoms with Crippen molar-refractivity contribution in [3.05, 3.63) is 39.9 Å². The summed E-state index contributed by atoms with van der Waals surface area (Å²) in [5.41, 5.74) is 9.70. The lowest BCUT2D eigenvalue weighted by atomic mass is 10.1. The average molecular weight is 277 g/mol. The molecule has 0 aliphatic heterocycles. The third kappa shape index (κ3) is 2.68. The first-order valence-electron chi connectivity index (χ1n) is 5.59. The molecule has 0 bridgehead atoms. The summed E-state index contributed by atoms with van der Waals surface area (Å²) < 4.78 is 0. The number of nitrogens with two attached hydrogens (primary N) is 1. The van der Waals surface area contributed by atoms with Crippen LogP contribution in [0, 0.1) is 20.8 Å². The van der Waals surface area contributed by atoms with Crippen LogP contribution in [0.4, 0.5) is 10.8 Å². The van der Waals surface area contributed by atoms with Crippen LogP contribution in [-0.4, -0.2) is 9.97 Å². The predicted molar refractivity (Wildman–Crippen MR) is 81.9 cm³/mol. The minimum absolute atomic E-state index is 0.431. The van der Waals surface area contributed by atoms with E-state index < -0.39 is 0 Å². The Labute approximate surface area is 116 Å². The van der Waals surface area contributed by atoms with Crippen molar-refractivity contribution in [2.75, 3.05) is 5.32 Å². The zero-order valence-electron chi connectivity index (χ0n) is 10.6. The van der Waals surface area contributed by atoms with Crippen molar-refractivity contribution in [3.8, 4) is 0 Å². The van der Waals surface area contributed by atoms with E-state index in [0.717, 1.165) is 27.6 Å². The Morgan fingerprint density at radius 1 is 1.33 bits per heavy atom. The van der Waals surface area contributed by atoms with Crippen molar-refractivity contribution < 1.29 is 0 Å². The molecule has 0 amide bonds. The van der Waals surface area contributed by atoms with Crippen LogP contribution < -0.4 is 11.1 Å². The maximum atomic E-state index is 5.64. The Morgan fingerprint density at radius 2 is 2.06 bits per heavy atom. The summed E-state index contributed by atoms with van der Waals surface area (Å²) in [6.07, 6.45) is 0. The van der Waals surface area contributed by atoms with Gasteiger partial charge in [0.25, 0.3) is 0 Å². The highest BCUT2D eigenvalue weighted by molar-refractivity contribution is 7.80. The molecule has 0 fully saturated rings. The van der Waals surface area contributed by atoms with E-state index in [9.17, 15) is 0 Å². The molecule has 94 valence electrons. The summed E-state index contributed by atoms with van der Waals surface area (Å²) in [4.78, 5) is 6.11. The summed E-state index contributed by atoms with van der Waals surface area (Å²) in [5, 5.41) is 4.21. The van der Waals surface area contributed by atoms with E-state index in [1.165, 1.54) is 4.88 Å². The van der Waals surface area contributed by atoms with Gasteiger partial charge in [0.15, 0.2) is 5.13 Å². The van der Waals surface area contributed by atoms with E-state index in [-0.39, 0.29) is 0 Å². The summed E-state index contributed by atoms with van der Waals surface area (Å²) in [6.45, 7) is 6.08. The van der Waals surface area contributed by atoms with Crippen LogP contribution in [-0.2, 0) is 0 Å². The smallest absolute Gasteiger partial charge is 0.187 e. The molecule has 0 unspecified atom stereocenters. The van der Waals surface area contributed by atoms with Crippen LogP contribution in [0.3, 0.4) is 0 Å². The van der Waals surface area contributed by atoms with E-state index in [1.54, 1.807) is 11.3 Å². The van der Waals surface area contributed by atoms with Crippen LogP contribution in [0.15, 0.2) is 18.2 Å². The number of hydrogen-bond donors (Lipinski definition) is 2. The van der Waals surface area contributed by atoms with E-state index >= 15 is 0 Å². The fraction of sp³-hybridized carbons (Fsp3) is 0.231. The summed E-state index contributed by atoms with van der Waals surface area (Å²) in [7, 11) is 0. The maximum Gasteiger partial charge on any atom is 0.187 e. The highest BCUT2D eigenvalue weighted by atomic mass is 32.1. The number of hydrogen-bond acceptors (Lipinski definition) is 4. The fourth-order valence-corrected chi connectivity index (χ4v) is 2.73. The molecule has 3 nitrogen and oxygen atoms in total. The average Bonchev–Trinajstić information content (AvgIpc) is 2.57. The number of nitrogens with zero attached hydrogens (tertiary/aromatic N) is 1. The van der Waals surface area contributed by atoms with Crippen molar-refractivity contribution in [2.24, 2.45) is 5.73 Å². The Hall–Kier alpha value is -1.46. The van der Waals surface area contributed by atoms with Gasteiger partial charge in [-0.3, -0.25) is 0 Å². The van der Waals surface area contributed by atoms with Crippen molar-refractivity contribution >= 4 is 39.4 Å². The van der Waals surface area contributed by atoms with E-state index in [0.29, 0.717) is 4.99 Å². The SMILES string of the molecule is Cc1cc(Nc2nc(C)c(C)s2)ccc1C(N)=S. The zero-order valence-corrected chi connectivity index (χ0v) is 12.2. The van der Waals surface area contributed by atoms with Gasteiger partial charge in [-0.2, -0.15) is 0 Å². The first-order chi connectivity index (χ1) is 8.47. The highest BCUT2D eigenvalue weighted by Gasteiger charge is 2.06. The molecule has 1 heterocycles. The number of aryl methyl sites for hydroxylation is 3. The lowest BCUT2D eigenvalue weighted by Gasteiger charge is -2.07. The molecule has 1 aromatic heterocycles. The molecule has 0 aliphatic rings. The summed E-state index contributed by atoms with van der Waals surface area (Å²) >= 11 is 6.64. The van der Waals surface area contributed by atoms with Gasteiger partial charge in [0.2, 0.25) is 0 Å². The lowest BCUT2D eigenvalue weighted by Crippen LogP contribution is -2.11. The van der Waals surface area contributed by atoms with Gasteiger partial charge in [-0.25, -0.2) is 4.98 Å². The second-order valence-corrected chi connectivity index (χ2v) is 5.82. The minimum Gasteiger partial charge on any atom is -0.389 e. The van der Waals surface area contributed by atoms with Crippen LogP contribution in [0.5, 0.6) is 0 Å². The largest absolute Gasteiger partial charge is 0.389 e. The third-order valence-electron chi connectivity index (χ3n) is 2.77. The number of anilines is 2. The van der Waals surface area contributed by atoms with Gasteiger partial charge >= 0.3 is 0 Å². The molecule has 3 N–H and O–H groups in total. The Balaban J connectivity index is 2.25. The minimum atomic E-state index is 0.431. The molecule has 0 radical (unpaired) electrons. The second-order valence-electron chi connectivity index (χ2n) is 4.18. The molecule has 2 rings (SSSR count). The molecular weight excluding hydrogens is 262 g/mol. The molecule has 2 aromatic rings. The quantitative estimate of drug-likeness (QED) is 0.844. The Kier molecular flexibility index (Phi) is 3.63. The molecule has 0 spiro atoms. The van der Waals surface area contributed by atoms with Crippen molar-refractivity contribution in [3.63, 3.8) is 0 Å². The van der Waals surface area contributed by atoms with Crippen molar-refractivity contribution in [2.45, 2.75) is 20.8 Å². The zero-order chi connectivity index (χ0) is 13.3. The van der Waals surface area contributed by atoms with Crippen LogP contribution >= 0.6 is 23.6 Å². The first-order valence-corrected chi connectivity index (χ1v) is 6.81. The Bertz CT molecular complexity index is 583. The van der Waals surface area contributed by atoms with Gasteiger partial charge < -0.3 is 11.1 Å². The molecule has 18 heavy (non-hydrogen) atoms. The van der Waals surface area contributed by atoms with Crippen LogP contribution in [0.25, 0.3) is 0 Å². The third-order valence-corrected chi connectivity index (χ3v) is 3.98. The van der Waals surface area contributed by atoms with E-state index in [4.69, 9.17) is 18.0 Å². The standard InChI is InChI=1S/C13H15N3S2/c1-7-6-10(4-5-11(7)12(14)17)16-13-15-8(2)9(3)18-13/h4-6H,1-3H3,(H2,14,17)(H,15,16). The summed E-state index contributed by atoms with van der Waals surface area (Å²) in [6, 6.07) is 5.93. The van der Waals surface area contributed by atoms with Crippen molar-refractivity contribution in [1.82, 2.24) is 4.98 Å². The molecule has 0 saturated carbocycles. The number of aromatic nitrogens is 1. The van der Waals surface area contributed by atoms with Gasteiger partial charge in [0.1, 0.15) is 4.99 Å². The highest BCUT2D eigenvalue weighted by Crippen LogP contribution is 2.25. The Morgan fingerprint density at radius 3 is 2.56 bits per heavy atom. The predicted octanol–water partition coefficient (Wildman–Crippen LogP) is 3.45. The van der Waals surface area contributed by atoms with Gasteiger partial charge in [0.05, 0.1) is 5.69 Å². The van der Waals surface area contributed by atoms with Crippen LogP contribution in [0.2, 0.25) is 0 Å². The summed E-state index contributed by atoms with van der Waals surface area (Å²) in [5.74, 6) is 0. The van der Waals surface area contributed by atoms with Gasteiger partial charge in [-0.15, -0.1) is 11.3 Å². The number of thiazole rings is 1.